The summed E-state index contributed by atoms with van der Waals surface area (Å²) in [6.07, 6.45) is -0.169. The van der Waals surface area contributed by atoms with Crippen molar-refractivity contribution in [2.24, 2.45) is 0 Å². The molecule has 1 N–H and O–H groups in total. The van der Waals surface area contributed by atoms with Gasteiger partial charge in [0.05, 0.1) is 57.0 Å². The molecule has 0 aliphatic carbocycles. The van der Waals surface area contributed by atoms with E-state index in [0.717, 1.165) is 57.1 Å². The molecule has 0 unspecified atom stereocenters. The molecule has 0 bridgehead atoms. The van der Waals surface area contributed by atoms with Gasteiger partial charge < -0.3 is 28.8 Å². The smallest absolute Gasteiger partial charge is 0.310 e. The Morgan fingerprint density at radius 2 is 1.10 bits per heavy atom. The summed E-state index contributed by atoms with van der Waals surface area (Å²) in [5.74, 6) is 1.46. The van der Waals surface area contributed by atoms with Crippen LogP contribution in [0.25, 0.3) is 40.4 Å². The molecule has 0 fully saturated rings. The second kappa shape index (κ2) is 16.4. The summed E-state index contributed by atoms with van der Waals surface area (Å²) in [7, 11) is 3.26. The number of carboxylic acid groups (broad SMARTS) is 1. The van der Waals surface area contributed by atoms with Crippen molar-refractivity contribution in [1.82, 2.24) is 0 Å². The minimum absolute atomic E-state index is 0.0569. The second-order valence-electron chi connectivity index (χ2n) is 12.5. The molecule has 0 saturated heterocycles. The molecule has 3 heterocycles. The van der Waals surface area contributed by atoms with Crippen molar-refractivity contribution < 1.29 is 38.4 Å². The third kappa shape index (κ3) is 8.27. The SMILES string of the molecule is CCOC(=O)Cc1cc(-c2c(OC)cccc2OC(C)C)sc1-c1sc(-c2sc(-c3c(OC)cccc3OC(C)C)cc2CC(=O)O)c(C)c1C. The first kappa shape index (κ1) is 37.9. The largest absolute Gasteiger partial charge is 0.496 e. The van der Waals surface area contributed by atoms with Gasteiger partial charge in [-0.05, 0) is 107 Å². The summed E-state index contributed by atoms with van der Waals surface area (Å²) in [5, 5.41) is 9.99. The van der Waals surface area contributed by atoms with Gasteiger partial charge >= 0.3 is 11.9 Å². The number of ether oxygens (including phenoxy) is 5. The van der Waals surface area contributed by atoms with E-state index in [1.54, 1.807) is 43.8 Å². The summed E-state index contributed by atoms with van der Waals surface area (Å²) in [6, 6.07) is 15.4. The van der Waals surface area contributed by atoms with E-state index in [-0.39, 0.29) is 37.6 Å². The summed E-state index contributed by atoms with van der Waals surface area (Å²) in [5.41, 5.74) is 5.27. The fraction of sp³-hybridized carbons (Fsp3) is 0.350. The van der Waals surface area contributed by atoms with Gasteiger partial charge in [-0.2, -0.15) is 0 Å². The number of benzene rings is 2. The first-order valence-electron chi connectivity index (χ1n) is 16.8. The van der Waals surface area contributed by atoms with Crippen molar-refractivity contribution in [3.63, 3.8) is 0 Å². The average Bonchev–Trinajstić information content (AvgIpc) is 3.75. The lowest BCUT2D eigenvalue weighted by Gasteiger charge is -2.16. The molecule has 0 aliphatic heterocycles. The number of hydrogen-bond acceptors (Lipinski definition) is 10. The van der Waals surface area contributed by atoms with Gasteiger partial charge in [0.2, 0.25) is 0 Å². The van der Waals surface area contributed by atoms with E-state index in [1.165, 1.54) is 11.3 Å². The fourth-order valence-electron chi connectivity index (χ4n) is 5.86. The first-order chi connectivity index (χ1) is 24.4. The summed E-state index contributed by atoms with van der Waals surface area (Å²) < 4.78 is 29.4. The Bertz CT molecular complexity index is 2030. The van der Waals surface area contributed by atoms with Gasteiger partial charge in [-0.1, -0.05) is 12.1 Å². The molecule has 0 radical (unpaired) electrons. The number of hydrogen-bond donors (Lipinski definition) is 1. The lowest BCUT2D eigenvalue weighted by molar-refractivity contribution is -0.142. The molecular formula is C40H44O8S3. The maximum absolute atomic E-state index is 12.9. The number of carbonyl (C=O) groups excluding carboxylic acids is 1. The molecule has 0 spiro atoms. The zero-order valence-corrected chi connectivity index (χ0v) is 32.9. The topological polar surface area (TPSA) is 101 Å². The Morgan fingerprint density at radius 1 is 0.667 bits per heavy atom. The Hall–Kier alpha value is -4.32. The maximum atomic E-state index is 12.9. The highest BCUT2D eigenvalue weighted by Gasteiger charge is 2.27. The standard InChI is InChI=1S/C40H44O8S3/c1-10-46-34(43)20-26-18-32(36-28(45-9)14-12-16-30(36)48-22(4)5)50-40(26)38-24(7)23(6)37(51-38)39-25(19-33(41)42)17-31(49-39)35-27(44-8)13-11-15-29(35)47-21(2)3/h11-18,21-22H,10,19-20H2,1-9H3,(H,41,42). The van der Waals surface area contributed by atoms with E-state index in [2.05, 4.69) is 13.8 Å². The van der Waals surface area contributed by atoms with Crippen LogP contribution in [0.4, 0.5) is 0 Å². The summed E-state index contributed by atoms with van der Waals surface area (Å²) in [4.78, 5) is 30.7. The zero-order valence-electron chi connectivity index (χ0n) is 30.4. The van der Waals surface area contributed by atoms with Crippen LogP contribution < -0.4 is 18.9 Å². The summed E-state index contributed by atoms with van der Waals surface area (Å²) >= 11 is 4.71. The molecule has 5 aromatic rings. The van der Waals surface area contributed by atoms with E-state index < -0.39 is 5.97 Å². The Kier molecular flexibility index (Phi) is 12.2. The highest BCUT2D eigenvalue weighted by molar-refractivity contribution is 7.28. The zero-order chi connectivity index (χ0) is 37.0. The van der Waals surface area contributed by atoms with Crippen molar-refractivity contribution in [2.75, 3.05) is 20.8 Å². The second-order valence-corrected chi connectivity index (χ2v) is 15.6. The summed E-state index contributed by atoms with van der Waals surface area (Å²) in [6.45, 7) is 14.1. The number of thiophene rings is 3. The molecule has 3 aromatic heterocycles. The van der Waals surface area contributed by atoms with Crippen LogP contribution in [0.1, 0.15) is 56.9 Å². The predicted octanol–water partition coefficient (Wildman–Crippen LogP) is 10.5. The van der Waals surface area contributed by atoms with Crippen LogP contribution in [-0.2, 0) is 27.2 Å². The minimum Gasteiger partial charge on any atom is -0.496 e. The van der Waals surface area contributed by atoms with Crippen molar-refractivity contribution >= 4 is 45.9 Å². The molecule has 8 nitrogen and oxygen atoms in total. The lowest BCUT2D eigenvalue weighted by atomic mass is 10.0. The van der Waals surface area contributed by atoms with E-state index >= 15 is 0 Å². The maximum Gasteiger partial charge on any atom is 0.310 e. The van der Waals surface area contributed by atoms with Gasteiger partial charge in [0.15, 0.2) is 0 Å². The predicted molar refractivity (Wildman–Crippen MR) is 208 cm³/mol. The molecule has 0 amide bonds. The quantitative estimate of drug-likeness (QED) is 0.106. The van der Waals surface area contributed by atoms with Crippen LogP contribution in [0, 0.1) is 13.8 Å². The van der Waals surface area contributed by atoms with Gasteiger partial charge in [-0.3, -0.25) is 9.59 Å². The van der Waals surface area contributed by atoms with Crippen molar-refractivity contribution in [3.8, 4) is 63.4 Å². The van der Waals surface area contributed by atoms with Crippen LogP contribution in [0.3, 0.4) is 0 Å². The number of rotatable bonds is 15. The molecule has 270 valence electrons. The Labute approximate surface area is 311 Å². The minimum atomic E-state index is -0.915. The number of carbonyl (C=O) groups is 2. The van der Waals surface area contributed by atoms with Crippen LogP contribution in [0.5, 0.6) is 23.0 Å². The number of methoxy groups -OCH3 is 2. The molecule has 0 saturated carbocycles. The van der Waals surface area contributed by atoms with Gasteiger partial charge in [0, 0.05) is 29.3 Å². The molecule has 0 atom stereocenters. The highest BCUT2D eigenvalue weighted by Crippen LogP contribution is 2.53. The van der Waals surface area contributed by atoms with Gasteiger partial charge in [0.25, 0.3) is 0 Å². The van der Waals surface area contributed by atoms with Gasteiger partial charge in [-0.25, -0.2) is 0 Å². The monoisotopic (exact) mass is 748 g/mol. The van der Waals surface area contributed by atoms with E-state index in [1.807, 2.05) is 76.2 Å². The number of aliphatic carboxylic acids is 1. The molecule has 51 heavy (non-hydrogen) atoms. The average molecular weight is 749 g/mol. The number of esters is 1. The van der Waals surface area contributed by atoms with E-state index in [0.29, 0.717) is 28.6 Å². The number of carboxylic acids is 1. The molecule has 0 aliphatic rings. The van der Waals surface area contributed by atoms with Crippen molar-refractivity contribution in [1.29, 1.82) is 0 Å². The first-order valence-corrected chi connectivity index (χ1v) is 19.2. The highest BCUT2D eigenvalue weighted by atomic mass is 32.1. The third-order valence-corrected chi connectivity index (χ3v) is 12.2. The van der Waals surface area contributed by atoms with Crippen LogP contribution in [-0.4, -0.2) is 50.1 Å². The third-order valence-electron chi connectivity index (χ3n) is 8.09. The van der Waals surface area contributed by atoms with Crippen molar-refractivity contribution in [3.05, 3.63) is 70.8 Å². The van der Waals surface area contributed by atoms with E-state index in [9.17, 15) is 14.7 Å². The van der Waals surface area contributed by atoms with E-state index in [4.69, 9.17) is 23.7 Å². The van der Waals surface area contributed by atoms with Crippen LogP contribution in [0.2, 0.25) is 0 Å². The molecule has 11 heteroatoms. The molecule has 2 aromatic carbocycles. The molecular weight excluding hydrogens is 705 g/mol. The van der Waals surface area contributed by atoms with Crippen LogP contribution in [0.15, 0.2) is 48.5 Å². The normalized spacial score (nSPS) is 11.3. The molecule has 5 rings (SSSR count). The lowest BCUT2D eigenvalue weighted by Crippen LogP contribution is -2.07. The van der Waals surface area contributed by atoms with Gasteiger partial charge in [-0.15, -0.1) is 34.0 Å². The fourth-order valence-corrected chi connectivity index (χ4v) is 10.1. The Balaban J connectivity index is 1.71. The van der Waals surface area contributed by atoms with Crippen molar-refractivity contribution in [2.45, 2.75) is 73.5 Å². The van der Waals surface area contributed by atoms with Crippen LogP contribution >= 0.6 is 34.0 Å². The van der Waals surface area contributed by atoms with Gasteiger partial charge in [0.1, 0.15) is 23.0 Å². The Morgan fingerprint density at radius 3 is 1.49 bits per heavy atom.